The van der Waals surface area contributed by atoms with Crippen LogP contribution in [0.5, 0.6) is 5.75 Å². The van der Waals surface area contributed by atoms with Gasteiger partial charge in [-0.15, -0.1) is 0 Å². The van der Waals surface area contributed by atoms with Crippen molar-refractivity contribution in [3.63, 3.8) is 0 Å². The number of halogens is 2. The van der Waals surface area contributed by atoms with Crippen LogP contribution in [0.4, 0.5) is 4.39 Å². The van der Waals surface area contributed by atoms with Gasteiger partial charge in [0.2, 0.25) is 11.8 Å². The lowest BCUT2D eigenvalue weighted by molar-refractivity contribution is -0.164. The first-order chi connectivity index (χ1) is 16.9. The zero-order valence-corrected chi connectivity index (χ0v) is 19.9. The Bertz CT molecular complexity index is 1320. The number of rotatable bonds is 3. The highest BCUT2D eigenvalue weighted by Crippen LogP contribution is 2.60. The number of carbonyl (C=O) groups is 2. The molecule has 2 amide bonds. The Morgan fingerprint density at radius 2 is 1.80 bits per heavy atom. The summed E-state index contributed by atoms with van der Waals surface area (Å²) in [4.78, 5) is 31.4. The van der Waals surface area contributed by atoms with Gasteiger partial charge in [-0.05, 0) is 48.4 Å². The summed E-state index contributed by atoms with van der Waals surface area (Å²) < 4.78 is 19.6. The molecule has 7 heteroatoms. The Balaban J connectivity index is 1.48. The zero-order chi connectivity index (χ0) is 24.3. The van der Waals surface area contributed by atoms with Crippen LogP contribution >= 0.6 is 11.6 Å². The van der Waals surface area contributed by atoms with Crippen molar-refractivity contribution < 1.29 is 18.7 Å². The maximum absolute atomic E-state index is 14.2. The van der Waals surface area contributed by atoms with E-state index in [2.05, 4.69) is 0 Å². The first-order valence-corrected chi connectivity index (χ1v) is 12.1. The van der Waals surface area contributed by atoms with Crippen LogP contribution in [0.3, 0.4) is 0 Å². The SMILES string of the molecule is C[C@@]12C(=O)N(Cc3ccc(F)cc3)CC(=O)N1[C@H]1c3cc(Cl)ccc3OC[C@@H]1[C@@H]2c1ccccc1. The Kier molecular flexibility index (Phi) is 5.11. The number of hydrogen-bond donors (Lipinski definition) is 0. The maximum Gasteiger partial charge on any atom is 0.249 e. The molecule has 0 aromatic heterocycles. The fraction of sp³-hybridized carbons (Fsp3) is 0.286. The van der Waals surface area contributed by atoms with Crippen molar-refractivity contribution in [3.8, 4) is 5.75 Å². The molecule has 3 heterocycles. The molecule has 2 saturated heterocycles. The predicted molar refractivity (Wildman–Crippen MR) is 129 cm³/mol. The lowest BCUT2D eigenvalue weighted by Crippen LogP contribution is -2.65. The second-order valence-corrected chi connectivity index (χ2v) is 10.1. The lowest BCUT2D eigenvalue weighted by atomic mass is 9.73. The summed E-state index contributed by atoms with van der Waals surface area (Å²) in [6.45, 7) is 2.48. The van der Waals surface area contributed by atoms with Crippen LogP contribution in [-0.2, 0) is 16.1 Å². The van der Waals surface area contributed by atoms with Crippen LogP contribution in [-0.4, -0.2) is 40.3 Å². The molecule has 0 spiro atoms. The van der Waals surface area contributed by atoms with E-state index in [0.717, 1.165) is 16.7 Å². The Morgan fingerprint density at radius 1 is 1.06 bits per heavy atom. The van der Waals surface area contributed by atoms with Gasteiger partial charge in [0, 0.05) is 29.0 Å². The minimum absolute atomic E-state index is 0.0344. The van der Waals surface area contributed by atoms with Crippen molar-refractivity contribution in [2.45, 2.75) is 31.0 Å². The Morgan fingerprint density at radius 3 is 2.54 bits per heavy atom. The van der Waals surface area contributed by atoms with Crippen LogP contribution < -0.4 is 4.74 Å². The molecule has 35 heavy (non-hydrogen) atoms. The molecule has 0 radical (unpaired) electrons. The largest absolute Gasteiger partial charge is 0.493 e. The average molecular weight is 491 g/mol. The summed E-state index contributed by atoms with van der Waals surface area (Å²) >= 11 is 6.36. The van der Waals surface area contributed by atoms with Crippen LogP contribution in [0, 0.1) is 11.7 Å². The maximum atomic E-state index is 14.2. The number of ether oxygens (including phenoxy) is 1. The van der Waals surface area contributed by atoms with Gasteiger partial charge in [-0.25, -0.2) is 4.39 Å². The van der Waals surface area contributed by atoms with Gasteiger partial charge in [0.15, 0.2) is 0 Å². The third kappa shape index (κ3) is 3.34. The fourth-order valence-corrected chi connectivity index (χ4v) is 6.49. The van der Waals surface area contributed by atoms with Gasteiger partial charge < -0.3 is 14.5 Å². The molecule has 2 fully saturated rings. The summed E-state index contributed by atoms with van der Waals surface area (Å²) in [5.41, 5.74) is 1.49. The number of piperazine rings is 1. The molecule has 0 bridgehead atoms. The van der Waals surface area contributed by atoms with Gasteiger partial charge in [0.1, 0.15) is 23.7 Å². The molecule has 178 valence electrons. The quantitative estimate of drug-likeness (QED) is 0.521. The molecule has 0 unspecified atom stereocenters. The molecular formula is C28H24ClFN2O3. The van der Waals surface area contributed by atoms with Crippen molar-refractivity contribution in [3.05, 3.63) is 100 Å². The molecule has 0 saturated carbocycles. The Labute approximate surface area is 208 Å². The van der Waals surface area contributed by atoms with Gasteiger partial charge in [0.25, 0.3) is 0 Å². The van der Waals surface area contributed by atoms with Crippen molar-refractivity contribution in [2.75, 3.05) is 13.2 Å². The smallest absolute Gasteiger partial charge is 0.249 e. The van der Waals surface area contributed by atoms with Gasteiger partial charge in [-0.3, -0.25) is 9.59 Å². The highest BCUT2D eigenvalue weighted by molar-refractivity contribution is 6.30. The molecule has 3 aliphatic rings. The first kappa shape index (κ1) is 22.1. The molecule has 5 nitrogen and oxygen atoms in total. The molecule has 4 atom stereocenters. The number of carbonyl (C=O) groups excluding carboxylic acids is 2. The highest BCUT2D eigenvalue weighted by Gasteiger charge is 2.66. The summed E-state index contributed by atoms with van der Waals surface area (Å²) in [6, 6.07) is 21.1. The van der Waals surface area contributed by atoms with Crippen LogP contribution in [0.25, 0.3) is 0 Å². The molecule has 6 rings (SSSR count). The van der Waals surface area contributed by atoms with Crippen LogP contribution in [0.1, 0.15) is 35.6 Å². The predicted octanol–water partition coefficient (Wildman–Crippen LogP) is 4.96. The van der Waals surface area contributed by atoms with E-state index in [-0.39, 0.29) is 48.6 Å². The topological polar surface area (TPSA) is 49.9 Å². The van der Waals surface area contributed by atoms with E-state index < -0.39 is 5.54 Å². The molecular weight excluding hydrogens is 467 g/mol. The van der Waals surface area contributed by atoms with Crippen LogP contribution in [0.15, 0.2) is 72.8 Å². The van der Waals surface area contributed by atoms with Crippen molar-refractivity contribution in [1.82, 2.24) is 9.80 Å². The molecule has 3 aromatic carbocycles. The third-order valence-electron chi connectivity index (χ3n) is 7.70. The molecule has 3 aliphatic heterocycles. The summed E-state index contributed by atoms with van der Waals surface area (Å²) in [6.07, 6.45) is 0. The monoisotopic (exact) mass is 490 g/mol. The van der Waals surface area contributed by atoms with Gasteiger partial charge >= 0.3 is 0 Å². The number of fused-ring (bicyclic) bond motifs is 5. The van der Waals surface area contributed by atoms with Crippen molar-refractivity contribution >= 4 is 23.4 Å². The normalized spacial score (nSPS) is 27.2. The summed E-state index contributed by atoms with van der Waals surface area (Å²) in [7, 11) is 0. The lowest BCUT2D eigenvalue weighted by Gasteiger charge is -2.47. The van der Waals surface area contributed by atoms with Gasteiger partial charge in [-0.1, -0.05) is 54.1 Å². The highest BCUT2D eigenvalue weighted by atomic mass is 35.5. The third-order valence-corrected chi connectivity index (χ3v) is 7.94. The summed E-state index contributed by atoms with van der Waals surface area (Å²) in [5.74, 6) is -0.265. The van der Waals surface area contributed by atoms with E-state index in [1.54, 1.807) is 28.0 Å². The zero-order valence-electron chi connectivity index (χ0n) is 19.2. The number of hydrogen-bond acceptors (Lipinski definition) is 3. The average Bonchev–Trinajstić information content (AvgIpc) is 3.14. The van der Waals surface area contributed by atoms with E-state index in [4.69, 9.17) is 16.3 Å². The van der Waals surface area contributed by atoms with Crippen molar-refractivity contribution in [2.24, 2.45) is 5.92 Å². The van der Waals surface area contributed by atoms with Gasteiger partial charge in [0.05, 0.1) is 12.6 Å². The van der Waals surface area contributed by atoms with Crippen LogP contribution in [0.2, 0.25) is 5.02 Å². The summed E-state index contributed by atoms with van der Waals surface area (Å²) in [5, 5.41) is 0.562. The second kappa shape index (κ2) is 8.09. The van der Waals surface area contributed by atoms with E-state index in [1.165, 1.54) is 12.1 Å². The molecule has 0 N–H and O–H groups in total. The van der Waals surface area contributed by atoms with E-state index >= 15 is 0 Å². The second-order valence-electron chi connectivity index (χ2n) is 9.69. The molecule has 3 aromatic rings. The first-order valence-electron chi connectivity index (χ1n) is 11.7. The van der Waals surface area contributed by atoms with E-state index in [0.29, 0.717) is 17.4 Å². The van der Waals surface area contributed by atoms with E-state index in [9.17, 15) is 14.0 Å². The Hall–Kier alpha value is -3.38. The van der Waals surface area contributed by atoms with Gasteiger partial charge in [-0.2, -0.15) is 0 Å². The molecule has 0 aliphatic carbocycles. The fourth-order valence-electron chi connectivity index (χ4n) is 6.31. The minimum atomic E-state index is -1.11. The standard InChI is InChI=1S/C28H24ClFN2O3/c1-28-25(18-5-3-2-4-6-18)22-16-35-23-12-9-19(29)13-21(23)26(22)32(28)24(33)15-31(27(28)34)14-17-7-10-20(30)11-8-17/h2-13,22,25-26H,14-16H2,1H3/t22-,25+,26+,28-/m1/s1. The van der Waals surface area contributed by atoms with Crippen molar-refractivity contribution in [1.29, 1.82) is 0 Å². The van der Waals surface area contributed by atoms with E-state index in [1.807, 2.05) is 49.4 Å². The number of amides is 2. The number of nitrogens with zero attached hydrogens (tertiary/aromatic N) is 2. The number of benzene rings is 3. The minimum Gasteiger partial charge on any atom is -0.493 e.